The first-order valence-corrected chi connectivity index (χ1v) is 9.21. The van der Waals surface area contributed by atoms with E-state index in [1.807, 2.05) is 60.7 Å². The summed E-state index contributed by atoms with van der Waals surface area (Å²) in [6.07, 6.45) is -1.30. The average molecular weight is 373 g/mol. The summed E-state index contributed by atoms with van der Waals surface area (Å²) >= 11 is 0. The number of alkyl halides is 1. The lowest BCUT2D eigenvalue weighted by Crippen LogP contribution is -2.44. The number of benzene rings is 2. The van der Waals surface area contributed by atoms with Gasteiger partial charge in [0.1, 0.15) is 12.8 Å². The first-order valence-electron chi connectivity index (χ1n) is 9.21. The topological polar surface area (TPSA) is 47.6 Å². The van der Waals surface area contributed by atoms with E-state index in [9.17, 15) is 9.18 Å². The molecule has 0 amide bonds. The highest BCUT2D eigenvalue weighted by Crippen LogP contribution is 2.24. The van der Waals surface area contributed by atoms with E-state index in [1.54, 1.807) is 20.8 Å². The van der Waals surface area contributed by atoms with Gasteiger partial charge in [0.2, 0.25) is 0 Å². The zero-order valence-corrected chi connectivity index (χ0v) is 16.2. The van der Waals surface area contributed by atoms with Gasteiger partial charge in [0.05, 0.1) is 18.2 Å². The molecule has 4 nitrogen and oxygen atoms in total. The monoisotopic (exact) mass is 373 g/mol. The van der Waals surface area contributed by atoms with Crippen molar-refractivity contribution in [3.63, 3.8) is 0 Å². The van der Waals surface area contributed by atoms with Crippen LogP contribution in [0.5, 0.6) is 0 Å². The molecular weight excluding hydrogens is 345 g/mol. The predicted octanol–water partition coefficient (Wildman–Crippen LogP) is 4.06. The number of carbonyl (C=O) groups excluding carboxylic acids is 1. The molecular formula is C22H28FNO3. The fourth-order valence-corrected chi connectivity index (χ4v) is 2.72. The Morgan fingerprint density at radius 3 is 2.04 bits per heavy atom. The van der Waals surface area contributed by atoms with E-state index in [1.165, 1.54) is 0 Å². The Labute approximate surface area is 160 Å². The van der Waals surface area contributed by atoms with Gasteiger partial charge in [-0.25, -0.2) is 9.18 Å². The van der Waals surface area contributed by atoms with Crippen molar-refractivity contribution in [2.75, 3.05) is 19.8 Å². The highest BCUT2D eigenvalue weighted by atomic mass is 19.1. The molecule has 0 saturated heterocycles. The minimum absolute atomic E-state index is 0.0876. The summed E-state index contributed by atoms with van der Waals surface area (Å²) in [5.74, 6) is -0.489. The Hall–Kier alpha value is -2.24. The van der Waals surface area contributed by atoms with Crippen molar-refractivity contribution in [1.82, 2.24) is 5.32 Å². The molecule has 0 heterocycles. The molecule has 5 heteroatoms. The molecule has 0 saturated carbocycles. The van der Waals surface area contributed by atoms with Crippen LogP contribution in [-0.2, 0) is 14.3 Å². The molecule has 1 atom stereocenters. The number of rotatable bonds is 10. The molecule has 1 unspecified atom stereocenters. The Balaban J connectivity index is 2.02. The maximum absolute atomic E-state index is 14.9. The second-order valence-corrected chi connectivity index (χ2v) is 6.83. The van der Waals surface area contributed by atoms with Crippen molar-refractivity contribution < 1.29 is 18.7 Å². The maximum atomic E-state index is 14.9. The summed E-state index contributed by atoms with van der Waals surface area (Å²) in [5, 5.41) is 3.30. The van der Waals surface area contributed by atoms with Crippen molar-refractivity contribution in [2.24, 2.45) is 0 Å². The molecule has 2 rings (SSSR count). The van der Waals surface area contributed by atoms with Crippen molar-refractivity contribution in [2.45, 2.75) is 38.6 Å². The van der Waals surface area contributed by atoms with Crippen molar-refractivity contribution in [3.05, 3.63) is 71.8 Å². The largest absolute Gasteiger partial charge is 0.464 e. The molecule has 146 valence electrons. The predicted molar refractivity (Wildman–Crippen MR) is 104 cm³/mol. The van der Waals surface area contributed by atoms with E-state index >= 15 is 0 Å². The quantitative estimate of drug-likeness (QED) is 0.638. The fraction of sp³-hybridized carbons (Fsp3) is 0.409. The van der Waals surface area contributed by atoms with Crippen LogP contribution in [0.15, 0.2) is 60.7 Å². The lowest BCUT2D eigenvalue weighted by Gasteiger charge is -2.30. The lowest BCUT2D eigenvalue weighted by molar-refractivity contribution is -0.157. The van der Waals surface area contributed by atoms with Gasteiger partial charge in [0.15, 0.2) is 0 Å². The third kappa shape index (κ3) is 6.45. The van der Waals surface area contributed by atoms with Crippen LogP contribution in [0.3, 0.4) is 0 Å². The minimum Gasteiger partial charge on any atom is -0.464 e. The third-order valence-corrected chi connectivity index (χ3v) is 4.39. The molecule has 0 aliphatic heterocycles. The number of nitrogens with one attached hydrogen (secondary N) is 1. The summed E-state index contributed by atoms with van der Waals surface area (Å²) in [6.45, 7) is 5.10. The SMILES string of the molecule is CCOC(=O)COC(C)(C)C(F)CNC(c1ccccc1)c1ccccc1. The van der Waals surface area contributed by atoms with Crippen LogP contribution in [0.2, 0.25) is 0 Å². The van der Waals surface area contributed by atoms with Crippen LogP contribution in [-0.4, -0.2) is 37.5 Å². The number of hydrogen-bond donors (Lipinski definition) is 1. The number of carbonyl (C=O) groups is 1. The van der Waals surface area contributed by atoms with E-state index in [-0.39, 0.29) is 25.8 Å². The molecule has 0 bridgehead atoms. The Morgan fingerprint density at radius 1 is 1.04 bits per heavy atom. The van der Waals surface area contributed by atoms with Gasteiger partial charge in [-0.2, -0.15) is 0 Å². The molecule has 0 aromatic heterocycles. The van der Waals surface area contributed by atoms with Crippen LogP contribution in [0.1, 0.15) is 37.9 Å². The Bertz CT molecular complexity index is 652. The van der Waals surface area contributed by atoms with E-state index < -0.39 is 17.7 Å². The number of halogens is 1. The molecule has 27 heavy (non-hydrogen) atoms. The summed E-state index contributed by atoms with van der Waals surface area (Å²) in [7, 11) is 0. The zero-order valence-electron chi connectivity index (χ0n) is 16.2. The number of hydrogen-bond acceptors (Lipinski definition) is 4. The lowest BCUT2D eigenvalue weighted by atomic mass is 9.97. The van der Waals surface area contributed by atoms with Gasteiger partial charge < -0.3 is 14.8 Å². The molecule has 1 N–H and O–H groups in total. The van der Waals surface area contributed by atoms with Gasteiger partial charge in [-0.05, 0) is 31.9 Å². The van der Waals surface area contributed by atoms with Crippen LogP contribution >= 0.6 is 0 Å². The molecule has 2 aromatic rings. The minimum atomic E-state index is -1.30. The van der Waals surface area contributed by atoms with Crippen LogP contribution in [0.4, 0.5) is 4.39 Å². The highest BCUT2D eigenvalue weighted by molar-refractivity contribution is 5.70. The zero-order chi connectivity index (χ0) is 19.7. The van der Waals surface area contributed by atoms with Gasteiger partial charge in [-0.3, -0.25) is 0 Å². The van der Waals surface area contributed by atoms with E-state index in [4.69, 9.17) is 9.47 Å². The van der Waals surface area contributed by atoms with Gasteiger partial charge in [0.25, 0.3) is 0 Å². The van der Waals surface area contributed by atoms with E-state index in [0.717, 1.165) is 11.1 Å². The molecule has 0 fully saturated rings. The first-order chi connectivity index (χ1) is 12.9. The molecule has 0 radical (unpaired) electrons. The van der Waals surface area contributed by atoms with Gasteiger partial charge in [-0.1, -0.05) is 60.7 Å². The highest BCUT2D eigenvalue weighted by Gasteiger charge is 2.32. The first kappa shape index (κ1) is 21.1. The number of ether oxygens (including phenoxy) is 2. The summed E-state index contributed by atoms with van der Waals surface area (Å²) in [4.78, 5) is 11.5. The van der Waals surface area contributed by atoms with E-state index in [0.29, 0.717) is 0 Å². The normalized spacial score (nSPS) is 12.8. The van der Waals surface area contributed by atoms with Gasteiger partial charge in [0, 0.05) is 6.54 Å². The Morgan fingerprint density at radius 2 is 1.56 bits per heavy atom. The van der Waals surface area contributed by atoms with Crippen molar-refractivity contribution in [3.8, 4) is 0 Å². The second-order valence-electron chi connectivity index (χ2n) is 6.83. The van der Waals surface area contributed by atoms with Crippen LogP contribution in [0, 0.1) is 0 Å². The average Bonchev–Trinajstić information content (AvgIpc) is 2.68. The van der Waals surface area contributed by atoms with Crippen LogP contribution in [0.25, 0.3) is 0 Å². The maximum Gasteiger partial charge on any atom is 0.332 e. The molecule has 0 aliphatic carbocycles. The molecule has 2 aromatic carbocycles. The second kappa shape index (κ2) is 10.2. The van der Waals surface area contributed by atoms with E-state index in [2.05, 4.69) is 5.32 Å². The third-order valence-electron chi connectivity index (χ3n) is 4.39. The standard InChI is InChI=1S/C22H28FNO3/c1-4-26-20(25)16-27-22(2,3)19(23)15-24-21(17-11-7-5-8-12-17)18-13-9-6-10-14-18/h5-14,19,21,24H,4,15-16H2,1-3H3. The summed E-state index contributed by atoms with van der Waals surface area (Å²) in [5.41, 5.74) is 1.000. The van der Waals surface area contributed by atoms with Crippen LogP contribution < -0.4 is 5.32 Å². The smallest absolute Gasteiger partial charge is 0.332 e. The Kier molecular flexibility index (Phi) is 7.95. The molecule has 0 aliphatic rings. The molecule has 0 spiro atoms. The fourth-order valence-electron chi connectivity index (χ4n) is 2.72. The summed E-state index contributed by atoms with van der Waals surface area (Å²) in [6, 6.07) is 19.7. The van der Waals surface area contributed by atoms with Crippen molar-refractivity contribution >= 4 is 5.97 Å². The van der Waals surface area contributed by atoms with Crippen molar-refractivity contribution in [1.29, 1.82) is 0 Å². The van der Waals surface area contributed by atoms with Gasteiger partial charge >= 0.3 is 5.97 Å². The van der Waals surface area contributed by atoms with Gasteiger partial charge in [-0.15, -0.1) is 0 Å². The summed E-state index contributed by atoms with van der Waals surface area (Å²) < 4.78 is 25.2. The number of esters is 1.